The molecule has 9 heteroatoms. The maximum absolute atomic E-state index is 12.5. The Bertz CT molecular complexity index is 918. The van der Waals surface area contributed by atoms with Crippen LogP contribution in [-0.4, -0.2) is 21.5 Å². The molecule has 0 spiro atoms. The zero-order chi connectivity index (χ0) is 19.2. The fourth-order valence-corrected chi connectivity index (χ4v) is 2.84. The Morgan fingerprint density at radius 2 is 1.89 bits per heavy atom. The van der Waals surface area contributed by atoms with Gasteiger partial charge in [0.05, 0.1) is 24.1 Å². The lowest BCUT2D eigenvalue weighted by Gasteiger charge is -2.13. The summed E-state index contributed by atoms with van der Waals surface area (Å²) in [5.41, 5.74) is 2.13. The lowest BCUT2D eigenvalue weighted by Crippen LogP contribution is -2.19. The molecule has 27 heavy (non-hydrogen) atoms. The maximum atomic E-state index is 12.5. The average molecular weight is 453 g/mol. The van der Waals surface area contributed by atoms with E-state index in [9.17, 15) is 8.78 Å². The molecule has 2 N–H and O–H groups in total. The molecule has 0 fully saturated rings. The first kappa shape index (κ1) is 19.2. The van der Waals surface area contributed by atoms with Crippen LogP contribution in [-0.2, 0) is 6.54 Å². The fourth-order valence-electron chi connectivity index (χ4n) is 2.34. The predicted octanol–water partition coefficient (Wildman–Crippen LogP) is 5.10. The van der Waals surface area contributed by atoms with Crippen molar-refractivity contribution in [2.45, 2.75) is 13.2 Å². The van der Waals surface area contributed by atoms with Crippen LogP contribution >= 0.6 is 28.1 Å². The number of hydrogen-bond donors (Lipinski definition) is 2. The van der Waals surface area contributed by atoms with Crippen molar-refractivity contribution in [2.24, 2.45) is 0 Å². The molecule has 3 aromatic rings. The molecule has 0 atom stereocenters. The monoisotopic (exact) mass is 452 g/mol. The minimum Gasteiger partial charge on any atom is -0.433 e. The molecule has 140 valence electrons. The third-order valence-corrected chi connectivity index (χ3v) is 4.23. The van der Waals surface area contributed by atoms with Gasteiger partial charge in [0, 0.05) is 10.7 Å². The number of halogens is 3. The van der Waals surface area contributed by atoms with Crippen LogP contribution in [0.25, 0.3) is 0 Å². The van der Waals surface area contributed by atoms with E-state index in [0.29, 0.717) is 17.9 Å². The topological polar surface area (TPSA) is 51.1 Å². The molecule has 0 saturated heterocycles. The molecular weight excluding hydrogens is 438 g/mol. The van der Waals surface area contributed by atoms with E-state index in [1.54, 1.807) is 35.3 Å². The smallest absolute Gasteiger partial charge is 0.387 e. The van der Waals surface area contributed by atoms with E-state index in [4.69, 9.17) is 12.2 Å². The summed E-state index contributed by atoms with van der Waals surface area (Å²) in [6.45, 7) is -2.30. The van der Waals surface area contributed by atoms with E-state index < -0.39 is 6.61 Å². The summed E-state index contributed by atoms with van der Waals surface area (Å²) < 4.78 is 32.2. The lowest BCUT2D eigenvalue weighted by molar-refractivity contribution is -0.0493. The van der Waals surface area contributed by atoms with Crippen LogP contribution < -0.4 is 15.4 Å². The van der Waals surface area contributed by atoms with Gasteiger partial charge in [-0.2, -0.15) is 13.9 Å². The molecule has 0 saturated carbocycles. The summed E-state index contributed by atoms with van der Waals surface area (Å²) in [6.07, 6.45) is 3.44. The number of benzene rings is 2. The van der Waals surface area contributed by atoms with Crippen LogP contribution in [0.4, 0.5) is 20.2 Å². The van der Waals surface area contributed by atoms with Gasteiger partial charge < -0.3 is 15.4 Å². The molecule has 0 amide bonds. The summed E-state index contributed by atoms with van der Waals surface area (Å²) in [4.78, 5) is 0. The SMILES string of the molecule is FC(F)Oc1ccccc1NC(=S)Nc1cnn(Cc2ccc(Br)cc2)c1. The van der Waals surface area contributed by atoms with Gasteiger partial charge in [0.15, 0.2) is 5.11 Å². The van der Waals surface area contributed by atoms with Gasteiger partial charge in [-0.3, -0.25) is 4.68 Å². The number of ether oxygens (including phenoxy) is 1. The molecule has 0 aliphatic rings. The average Bonchev–Trinajstić information content (AvgIpc) is 3.05. The zero-order valence-corrected chi connectivity index (χ0v) is 16.3. The van der Waals surface area contributed by atoms with Gasteiger partial charge in [0.1, 0.15) is 5.75 Å². The third-order valence-electron chi connectivity index (χ3n) is 3.50. The molecule has 1 aromatic heterocycles. The summed E-state index contributed by atoms with van der Waals surface area (Å²) in [5, 5.41) is 10.3. The highest BCUT2D eigenvalue weighted by Crippen LogP contribution is 2.25. The van der Waals surface area contributed by atoms with Gasteiger partial charge in [-0.15, -0.1) is 0 Å². The van der Waals surface area contributed by atoms with Crippen LogP contribution in [0.3, 0.4) is 0 Å². The molecule has 0 aliphatic carbocycles. The predicted molar refractivity (Wildman–Crippen MR) is 108 cm³/mol. The summed E-state index contributed by atoms with van der Waals surface area (Å²) >= 11 is 8.64. The molecule has 0 bridgehead atoms. The number of rotatable bonds is 6. The highest BCUT2D eigenvalue weighted by atomic mass is 79.9. The van der Waals surface area contributed by atoms with E-state index in [1.165, 1.54) is 6.07 Å². The summed E-state index contributed by atoms with van der Waals surface area (Å²) in [6, 6.07) is 14.3. The fraction of sp³-hybridized carbons (Fsp3) is 0.111. The highest BCUT2D eigenvalue weighted by molar-refractivity contribution is 9.10. The first-order chi connectivity index (χ1) is 13.0. The van der Waals surface area contributed by atoms with Crippen LogP contribution in [0, 0.1) is 0 Å². The van der Waals surface area contributed by atoms with Gasteiger partial charge in [-0.25, -0.2) is 0 Å². The van der Waals surface area contributed by atoms with Gasteiger partial charge >= 0.3 is 6.61 Å². The normalized spacial score (nSPS) is 10.7. The van der Waals surface area contributed by atoms with E-state index >= 15 is 0 Å². The maximum Gasteiger partial charge on any atom is 0.387 e. The molecule has 0 radical (unpaired) electrons. The van der Waals surface area contributed by atoms with Crippen molar-refractivity contribution in [1.29, 1.82) is 0 Å². The molecule has 0 unspecified atom stereocenters. The lowest BCUT2D eigenvalue weighted by atomic mass is 10.2. The second kappa shape index (κ2) is 8.92. The van der Waals surface area contributed by atoms with Crippen molar-refractivity contribution >= 4 is 44.6 Å². The van der Waals surface area contributed by atoms with Crippen LogP contribution in [0.15, 0.2) is 65.4 Å². The first-order valence-electron chi connectivity index (χ1n) is 7.88. The Kier molecular flexibility index (Phi) is 6.36. The van der Waals surface area contributed by atoms with Gasteiger partial charge in [0.25, 0.3) is 0 Å². The Morgan fingerprint density at radius 3 is 2.63 bits per heavy atom. The molecular formula is C18H15BrF2N4OS. The van der Waals surface area contributed by atoms with Crippen LogP contribution in [0.2, 0.25) is 0 Å². The molecule has 2 aromatic carbocycles. The Hall–Kier alpha value is -2.52. The Labute approximate surface area is 168 Å². The Morgan fingerprint density at radius 1 is 1.15 bits per heavy atom. The number of anilines is 2. The van der Waals surface area contributed by atoms with E-state index in [0.717, 1.165) is 10.0 Å². The standard InChI is InChI=1S/C18H15BrF2N4OS/c19-13-7-5-12(6-8-13)10-25-11-14(9-22-25)23-18(27)24-15-3-1-2-4-16(15)26-17(20)21/h1-9,11,17H,10H2,(H2,23,24,27). The molecule has 1 heterocycles. The summed E-state index contributed by atoms with van der Waals surface area (Å²) in [7, 11) is 0. The first-order valence-corrected chi connectivity index (χ1v) is 9.08. The number of nitrogens with one attached hydrogen (secondary N) is 2. The van der Waals surface area contributed by atoms with Crippen molar-refractivity contribution in [1.82, 2.24) is 9.78 Å². The third kappa shape index (κ3) is 5.73. The second-order valence-electron chi connectivity index (χ2n) is 5.51. The summed E-state index contributed by atoms with van der Waals surface area (Å²) in [5.74, 6) is 0.0163. The number of nitrogens with zero attached hydrogens (tertiary/aromatic N) is 2. The van der Waals surface area contributed by atoms with Crippen molar-refractivity contribution in [3.63, 3.8) is 0 Å². The minimum absolute atomic E-state index is 0.0163. The number of alkyl halides is 2. The number of aromatic nitrogens is 2. The highest BCUT2D eigenvalue weighted by Gasteiger charge is 2.10. The molecule has 0 aliphatic heterocycles. The van der Waals surface area contributed by atoms with E-state index in [2.05, 4.69) is 36.4 Å². The van der Waals surface area contributed by atoms with Gasteiger partial charge in [-0.1, -0.05) is 40.2 Å². The van der Waals surface area contributed by atoms with Crippen LogP contribution in [0.5, 0.6) is 5.75 Å². The molecule has 3 rings (SSSR count). The van der Waals surface area contributed by atoms with Crippen molar-refractivity contribution < 1.29 is 13.5 Å². The van der Waals surface area contributed by atoms with Crippen molar-refractivity contribution in [3.8, 4) is 5.75 Å². The number of hydrogen-bond acceptors (Lipinski definition) is 3. The van der Waals surface area contributed by atoms with Crippen molar-refractivity contribution in [2.75, 3.05) is 10.6 Å². The molecule has 5 nitrogen and oxygen atoms in total. The van der Waals surface area contributed by atoms with E-state index in [-0.39, 0.29) is 10.9 Å². The second-order valence-corrected chi connectivity index (χ2v) is 6.83. The largest absolute Gasteiger partial charge is 0.433 e. The zero-order valence-electron chi connectivity index (χ0n) is 13.9. The minimum atomic E-state index is -2.91. The van der Waals surface area contributed by atoms with Gasteiger partial charge in [-0.05, 0) is 42.0 Å². The van der Waals surface area contributed by atoms with Crippen LogP contribution in [0.1, 0.15) is 5.56 Å². The van der Waals surface area contributed by atoms with Crippen molar-refractivity contribution in [3.05, 3.63) is 71.0 Å². The Balaban J connectivity index is 1.60. The van der Waals surface area contributed by atoms with Gasteiger partial charge in [0.2, 0.25) is 0 Å². The van der Waals surface area contributed by atoms with E-state index in [1.807, 2.05) is 24.3 Å². The number of thiocarbonyl (C=S) groups is 1. The quantitative estimate of drug-likeness (QED) is 0.509. The number of para-hydroxylation sites is 2.